The van der Waals surface area contributed by atoms with Gasteiger partial charge in [-0.2, -0.15) is 0 Å². The summed E-state index contributed by atoms with van der Waals surface area (Å²) < 4.78 is 10.1. The molecule has 1 heterocycles. The van der Waals surface area contributed by atoms with Gasteiger partial charge in [0.2, 0.25) is 0 Å². The summed E-state index contributed by atoms with van der Waals surface area (Å²) in [5.41, 5.74) is 9.22. The molecule has 2 N–H and O–H groups in total. The normalized spacial score (nSPS) is 15.7. The lowest BCUT2D eigenvalue weighted by Crippen LogP contribution is -2.04. The first-order valence-electron chi connectivity index (χ1n) is 5.97. The number of rotatable bonds is 2. The number of nitrogen functional groups attached to an aromatic ring is 1. The number of hydrogen-bond donors (Lipinski definition) is 1. The van der Waals surface area contributed by atoms with Gasteiger partial charge in [0.25, 0.3) is 0 Å². The van der Waals surface area contributed by atoms with Crippen LogP contribution in [0.2, 0.25) is 0 Å². The third kappa shape index (κ3) is 2.71. The fourth-order valence-corrected chi connectivity index (χ4v) is 2.03. The largest absolute Gasteiger partial charge is 0.465 e. The van der Waals surface area contributed by atoms with Crippen molar-refractivity contribution in [1.82, 2.24) is 0 Å². The highest BCUT2D eigenvalue weighted by Crippen LogP contribution is 2.27. The van der Waals surface area contributed by atoms with Crippen molar-refractivity contribution in [1.29, 1.82) is 0 Å². The third-order valence-electron chi connectivity index (χ3n) is 2.99. The summed E-state index contributed by atoms with van der Waals surface area (Å²) in [6.07, 6.45) is 3.81. The molecule has 0 saturated heterocycles. The van der Waals surface area contributed by atoms with Gasteiger partial charge in [-0.05, 0) is 36.6 Å². The van der Waals surface area contributed by atoms with Gasteiger partial charge >= 0.3 is 5.97 Å². The van der Waals surface area contributed by atoms with E-state index in [9.17, 15) is 4.79 Å². The van der Waals surface area contributed by atoms with Crippen molar-refractivity contribution < 1.29 is 14.3 Å². The van der Waals surface area contributed by atoms with E-state index in [1.165, 1.54) is 7.11 Å². The zero-order chi connectivity index (χ0) is 13.0. The molecular weight excluding hydrogens is 230 g/mol. The number of esters is 1. The average Bonchev–Trinajstić information content (AvgIpc) is 2.67. The molecule has 0 bridgehead atoms. The summed E-state index contributed by atoms with van der Waals surface area (Å²) in [4.78, 5) is 11.5. The van der Waals surface area contributed by atoms with Crippen LogP contribution < -0.4 is 5.73 Å². The Balaban J connectivity index is 2.36. The lowest BCUT2D eigenvalue weighted by atomic mass is 9.98. The van der Waals surface area contributed by atoms with Gasteiger partial charge in [0.15, 0.2) is 0 Å². The van der Waals surface area contributed by atoms with Crippen molar-refractivity contribution in [2.75, 3.05) is 26.1 Å². The van der Waals surface area contributed by atoms with Crippen molar-refractivity contribution in [3.05, 3.63) is 35.4 Å². The van der Waals surface area contributed by atoms with E-state index in [1.807, 2.05) is 0 Å². The number of carbonyl (C=O) groups is 1. The molecule has 4 heteroatoms. The second kappa shape index (κ2) is 5.69. The Morgan fingerprint density at radius 3 is 3.00 bits per heavy atom. The molecule has 1 aromatic carbocycles. The molecule has 0 amide bonds. The number of carbonyl (C=O) groups excluding carboxylic acids is 1. The van der Waals surface area contributed by atoms with Crippen LogP contribution in [0.15, 0.2) is 24.3 Å². The molecule has 0 atom stereocenters. The molecule has 0 fully saturated rings. The topological polar surface area (TPSA) is 61.5 Å². The van der Waals surface area contributed by atoms with Crippen molar-refractivity contribution in [3.8, 4) is 0 Å². The summed E-state index contributed by atoms with van der Waals surface area (Å²) in [6.45, 7) is 1.42. The summed E-state index contributed by atoms with van der Waals surface area (Å²) in [5, 5.41) is 0. The first-order chi connectivity index (χ1) is 8.72. The van der Waals surface area contributed by atoms with Crippen molar-refractivity contribution >= 4 is 17.2 Å². The molecule has 2 rings (SSSR count). The van der Waals surface area contributed by atoms with E-state index >= 15 is 0 Å². The molecule has 1 aliphatic rings. The zero-order valence-corrected chi connectivity index (χ0v) is 10.4. The van der Waals surface area contributed by atoms with Crippen LogP contribution in [0.1, 0.15) is 28.8 Å². The maximum Gasteiger partial charge on any atom is 0.337 e. The number of hydrogen-bond acceptors (Lipinski definition) is 4. The van der Waals surface area contributed by atoms with Gasteiger partial charge in [-0.3, -0.25) is 0 Å². The summed E-state index contributed by atoms with van der Waals surface area (Å²) in [6, 6.07) is 5.21. The summed E-state index contributed by atoms with van der Waals surface area (Å²) in [7, 11) is 1.37. The van der Waals surface area contributed by atoms with E-state index in [1.54, 1.807) is 18.2 Å². The minimum absolute atomic E-state index is 0.346. The Morgan fingerprint density at radius 2 is 2.22 bits per heavy atom. The van der Waals surface area contributed by atoms with Crippen LogP contribution in [0.25, 0.3) is 5.57 Å². The van der Waals surface area contributed by atoms with Gasteiger partial charge in [0, 0.05) is 11.3 Å². The molecule has 0 aliphatic carbocycles. The van der Waals surface area contributed by atoms with Gasteiger partial charge in [-0.15, -0.1) is 0 Å². The minimum Gasteiger partial charge on any atom is -0.465 e. The molecule has 0 unspecified atom stereocenters. The fraction of sp³-hybridized carbons (Fsp3) is 0.357. The second-order valence-electron chi connectivity index (χ2n) is 4.17. The molecule has 1 aliphatic heterocycles. The molecule has 96 valence electrons. The maximum atomic E-state index is 11.5. The molecule has 0 spiro atoms. The highest BCUT2D eigenvalue weighted by molar-refractivity contribution is 5.92. The quantitative estimate of drug-likeness (QED) is 0.643. The van der Waals surface area contributed by atoms with Crippen molar-refractivity contribution in [2.24, 2.45) is 0 Å². The maximum absolute atomic E-state index is 11.5. The molecule has 18 heavy (non-hydrogen) atoms. The smallest absolute Gasteiger partial charge is 0.337 e. The second-order valence-corrected chi connectivity index (χ2v) is 4.17. The standard InChI is InChI=1S/C14H17NO3/c1-17-14(16)11-4-5-13(15)12(9-11)10-3-2-7-18-8-6-10/h3-5,9H,2,6-8,15H2,1H3. The number of methoxy groups -OCH3 is 1. The SMILES string of the molecule is COC(=O)c1ccc(N)c(C2=CCCOCC2)c1. The Kier molecular flexibility index (Phi) is 3.99. The van der Waals surface area contributed by atoms with E-state index in [-0.39, 0.29) is 5.97 Å². The molecule has 4 nitrogen and oxygen atoms in total. The minimum atomic E-state index is -0.346. The Hall–Kier alpha value is -1.81. The highest BCUT2D eigenvalue weighted by Gasteiger charge is 2.12. The van der Waals surface area contributed by atoms with Crippen LogP contribution in [-0.2, 0) is 9.47 Å². The molecule has 1 aromatic rings. The third-order valence-corrected chi connectivity index (χ3v) is 2.99. The molecule has 0 aromatic heterocycles. The monoisotopic (exact) mass is 247 g/mol. The van der Waals surface area contributed by atoms with E-state index in [0.29, 0.717) is 17.9 Å². The Labute approximate surface area is 106 Å². The van der Waals surface area contributed by atoms with E-state index in [0.717, 1.165) is 30.6 Å². The average molecular weight is 247 g/mol. The van der Waals surface area contributed by atoms with Crippen molar-refractivity contribution in [3.63, 3.8) is 0 Å². The van der Waals surface area contributed by atoms with Crippen LogP contribution in [0.5, 0.6) is 0 Å². The summed E-state index contributed by atoms with van der Waals surface area (Å²) >= 11 is 0. The molecule has 0 saturated carbocycles. The van der Waals surface area contributed by atoms with Crippen LogP contribution >= 0.6 is 0 Å². The Bertz CT molecular complexity index is 480. The summed E-state index contributed by atoms with van der Waals surface area (Å²) in [5.74, 6) is -0.346. The van der Waals surface area contributed by atoms with Gasteiger partial charge in [0.1, 0.15) is 0 Å². The predicted octanol–water partition coefficient (Wildman–Crippen LogP) is 2.25. The number of anilines is 1. The lowest BCUT2D eigenvalue weighted by Gasteiger charge is -2.10. The number of nitrogens with two attached hydrogens (primary N) is 1. The van der Waals surface area contributed by atoms with Gasteiger partial charge in [-0.1, -0.05) is 6.08 Å². The van der Waals surface area contributed by atoms with E-state index in [2.05, 4.69) is 6.08 Å². The van der Waals surface area contributed by atoms with Crippen LogP contribution in [0, 0.1) is 0 Å². The zero-order valence-electron chi connectivity index (χ0n) is 10.4. The predicted molar refractivity (Wildman–Crippen MR) is 70.2 cm³/mol. The van der Waals surface area contributed by atoms with Crippen LogP contribution in [0.3, 0.4) is 0 Å². The number of benzene rings is 1. The molecular formula is C14H17NO3. The van der Waals surface area contributed by atoms with Gasteiger partial charge < -0.3 is 15.2 Å². The lowest BCUT2D eigenvalue weighted by molar-refractivity contribution is 0.0600. The molecule has 0 radical (unpaired) electrons. The van der Waals surface area contributed by atoms with Crippen LogP contribution in [-0.4, -0.2) is 26.3 Å². The fourth-order valence-electron chi connectivity index (χ4n) is 2.03. The van der Waals surface area contributed by atoms with Crippen molar-refractivity contribution in [2.45, 2.75) is 12.8 Å². The van der Waals surface area contributed by atoms with E-state index in [4.69, 9.17) is 15.2 Å². The van der Waals surface area contributed by atoms with Gasteiger partial charge in [0.05, 0.1) is 25.9 Å². The first-order valence-corrected chi connectivity index (χ1v) is 5.97. The highest BCUT2D eigenvalue weighted by atomic mass is 16.5. The van der Waals surface area contributed by atoms with Crippen LogP contribution in [0.4, 0.5) is 5.69 Å². The Morgan fingerprint density at radius 1 is 1.39 bits per heavy atom. The van der Waals surface area contributed by atoms with E-state index < -0.39 is 0 Å². The number of ether oxygens (including phenoxy) is 2. The first kappa shape index (κ1) is 12.6. The van der Waals surface area contributed by atoms with Gasteiger partial charge in [-0.25, -0.2) is 4.79 Å².